The summed E-state index contributed by atoms with van der Waals surface area (Å²) in [4.78, 5) is 11.9. The van der Waals surface area contributed by atoms with E-state index in [0.29, 0.717) is 32.5 Å². The molecular weight excluding hydrogens is 316 g/mol. The average molecular weight is 344 g/mol. The fourth-order valence-corrected chi connectivity index (χ4v) is 2.69. The van der Waals surface area contributed by atoms with E-state index in [4.69, 9.17) is 0 Å². The molecule has 2 rings (SSSR count). The second kappa shape index (κ2) is 9.22. The van der Waals surface area contributed by atoms with Crippen molar-refractivity contribution in [2.75, 3.05) is 6.54 Å². The number of nitrogens with zero attached hydrogens (tertiary/aromatic N) is 2. The van der Waals surface area contributed by atoms with Crippen LogP contribution in [0.4, 0.5) is 4.79 Å². The maximum Gasteiger partial charge on any atom is 0.315 e. The largest absolute Gasteiger partial charge is 0.393 e. The molecule has 3 N–H and O–H groups in total. The second-order valence-electron chi connectivity index (χ2n) is 6.25. The average Bonchev–Trinajstić information content (AvgIpc) is 2.87. The lowest BCUT2D eigenvalue weighted by atomic mass is 10.2. The molecule has 0 aliphatic rings. The van der Waals surface area contributed by atoms with Crippen LogP contribution in [0.1, 0.15) is 42.3 Å². The van der Waals surface area contributed by atoms with Crippen LogP contribution < -0.4 is 10.6 Å². The Bertz CT molecular complexity index is 682. The zero-order valence-electron chi connectivity index (χ0n) is 15.2. The van der Waals surface area contributed by atoms with Crippen molar-refractivity contribution < 1.29 is 9.90 Å². The molecule has 1 heterocycles. The molecule has 0 aliphatic heterocycles. The highest BCUT2D eigenvalue weighted by Gasteiger charge is 2.13. The number of aryl methyl sites for hydroxylation is 1. The van der Waals surface area contributed by atoms with Crippen LogP contribution in [-0.4, -0.2) is 33.6 Å². The third-order valence-electron chi connectivity index (χ3n) is 4.37. The highest BCUT2D eigenvalue weighted by molar-refractivity contribution is 5.73. The molecule has 1 aromatic heterocycles. The minimum Gasteiger partial charge on any atom is -0.393 e. The lowest BCUT2D eigenvalue weighted by Gasteiger charge is -2.10. The summed E-state index contributed by atoms with van der Waals surface area (Å²) in [6.45, 7) is 7.52. The number of aliphatic hydroxyl groups excluding tert-OH is 1. The molecule has 0 aliphatic carbocycles. The maximum atomic E-state index is 11.9. The van der Waals surface area contributed by atoms with Crippen molar-refractivity contribution in [1.29, 1.82) is 0 Å². The quantitative estimate of drug-likeness (QED) is 0.688. The summed E-state index contributed by atoms with van der Waals surface area (Å²) in [6, 6.07) is 9.96. The van der Waals surface area contributed by atoms with Gasteiger partial charge in [-0.25, -0.2) is 4.79 Å². The topological polar surface area (TPSA) is 79.2 Å². The van der Waals surface area contributed by atoms with Gasteiger partial charge in [-0.3, -0.25) is 4.68 Å². The van der Waals surface area contributed by atoms with Gasteiger partial charge in [-0.1, -0.05) is 37.3 Å². The Balaban J connectivity index is 1.89. The molecule has 1 aromatic carbocycles. The number of nitrogens with one attached hydrogen (secondary N) is 2. The van der Waals surface area contributed by atoms with Crippen molar-refractivity contribution in [3.63, 3.8) is 0 Å². The number of aromatic nitrogens is 2. The standard InChI is InChI=1S/C19H28N4O2/c1-4-17(24)10-11-20-19(25)21-12-18-14(2)22-23(15(18)3)13-16-8-6-5-7-9-16/h5-9,17,24H,4,10-13H2,1-3H3,(H2,20,21,25). The van der Waals surface area contributed by atoms with E-state index < -0.39 is 0 Å². The number of aliphatic hydroxyl groups is 1. The minimum atomic E-state index is -0.360. The molecule has 0 fully saturated rings. The van der Waals surface area contributed by atoms with Crippen LogP contribution in [0.15, 0.2) is 30.3 Å². The molecule has 25 heavy (non-hydrogen) atoms. The molecule has 6 heteroatoms. The molecule has 0 bridgehead atoms. The Morgan fingerprint density at radius 3 is 2.64 bits per heavy atom. The molecule has 1 atom stereocenters. The molecule has 6 nitrogen and oxygen atoms in total. The van der Waals surface area contributed by atoms with Crippen LogP contribution in [0, 0.1) is 13.8 Å². The second-order valence-corrected chi connectivity index (χ2v) is 6.25. The first-order valence-electron chi connectivity index (χ1n) is 8.77. The monoisotopic (exact) mass is 344 g/mol. The van der Waals surface area contributed by atoms with Crippen LogP contribution in [0.2, 0.25) is 0 Å². The molecule has 0 radical (unpaired) electrons. The highest BCUT2D eigenvalue weighted by atomic mass is 16.3. The van der Waals surface area contributed by atoms with E-state index in [1.807, 2.05) is 43.7 Å². The van der Waals surface area contributed by atoms with Gasteiger partial charge in [0.25, 0.3) is 0 Å². The Morgan fingerprint density at radius 2 is 1.96 bits per heavy atom. The van der Waals surface area contributed by atoms with Crippen molar-refractivity contribution in [1.82, 2.24) is 20.4 Å². The molecular formula is C19H28N4O2. The van der Waals surface area contributed by atoms with Gasteiger partial charge in [0.2, 0.25) is 0 Å². The Kier molecular flexibility index (Phi) is 7.01. The van der Waals surface area contributed by atoms with Crippen LogP contribution in [0.5, 0.6) is 0 Å². The third-order valence-corrected chi connectivity index (χ3v) is 4.37. The van der Waals surface area contributed by atoms with Crippen molar-refractivity contribution in [3.8, 4) is 0 Å². The highest BCUT2D eigenvalue weighted by Crippen LogP contribution is 2.14. The molecule has 0 spiro atoms. The fraction of sp³-hybridized carbons (Fsp3) is 0.474. The third kappa shape index (κ3) is 5.60. The van der Waals surface area contributed by atoms with Crippen LogP contribution in [-0.2, 0) is 13.1 Å². The van der Waals surface area contributed by atoms with Gasteiger partial charge < -0.3 is 15.7 Å². The number of carbonyl (C=O) groups is 1. The van der Waals surface area contributed by atoms with E-state index in [1.54, 1.807) is 0 Å². The number of urea groups is 1. The predicted molar refractivity (Wildman–Crippen MR) is 98.4 cm³/mol. The van der Waals surface area contributed by atoms with E-state index in [0.717, 1.165) is 17.0 Å². The maximum absolute atomic E-state index is 11.9. The Morgan fingerprint density at radius 1 is 1.24 bits per heavy atom. The van der Waals surface area contributed by atoms with Crippen molar-refractivity contribution in [2.24, 2.45) is 0 Å². The molecule has 1 unspecified atom stereocenters. The fourth-order valence-electron chi connectivity index (χ4n) is 2.69. The lowest BCUT2D eigenvalue weighted by Crippen LogP contribution is -2.36. The number of rotatable bonds is 8. The first kappa shape index (κ1) is 19.0. The molecule has 0 saturated carbocycles. The van der Waals surface area contributed by atoms with Gasteiger partial charge in [0.05, 0.1) is 18.3 Å². The number of hydrogen-bond donors (Lipinski definition) is 3. The van der Waals surface area contributed by atoms with Crippen LogP contribution >= 0.6 is 0 Å². The van der Waals surface area contributed by atoms with Gasteiger partial charge in [-0.15, -0.1) is 0 Å². The zero-order chi connectivity index (χ0) is 18.2. The summed E-state index contributed by atoms with van der Waals surface area (Å²) in [5.41, 5.74) is 4.22. The molecule has 2 aromatic rings. The Hall–Kier alpha value is -2.34. The summed E-state index contributed by atoms with van der Waals surface area (Å²) in [5, 5.41) is 19.7. The Labute approximate surface area is 149 Å². The number of hydrogen-bond acceptors (Lipinski definition) is 3. The SMILES string of the molecule is CCC(O)CCNC(=O)NCc1c(C)nn(Cc2ccccc2)c1C. The number of amides is 2. The number of carbonyl (C=O) groups excluding carboxylic acids is 1. The predicted octanol–water partition coefficient (Wildman–Crippen LogP) is 2.51. The zero-order valence-corrected chi connectivity index (χ0v) is 15.2. The van der Waals surface area contributed by atoms with Gasteiger partial charge in [0.1, 0.15) is 0 Å². The summed E-state index contributed by atoms with van der Waals surface area (Å²) in [5.74, 6) is 0. The van der Waals surface area contributed by atoms with E-state index in [2.05, 4.69) is 27.9 Å². The number of benzene rings is 1. The first-order valence-corrected chi connectivity index (χ1v) is 8.77. The van der Waals surface area contributed by atoms with Crippen LogP contribution in [0.25, 0.3) is 0 Å². The summed E-state index contributed by atoms with van der Waals surface area (Å²) < 4.78 is 1.97. The van der Waals surface area contributed by atoms with Gasteiger partial charge in [0, 0.05) is 24.3 Å². The summed E-state index contributed by atoms with van der Waals surface area (Å²) >= 11 is 0. The van der Waals surface area contributed by atoms with E-state index in [-0.39, 0.29) is 12.1 Å². The smallest absolute Gasteiger partial charge is 0.315 e. The molecule has 136 valence electrons. The van der Waals surface area contributed by atoms with Gasteiger partial charge in [0.15, 0.2) is 0 Å². The van der Waals surface area contributed by atoms with Gasteiger partial charge in [-0.2, -0.15) is 5.10 Å². The minimum absolute atomic E-state index is 0.224. The summed E-state index contributed by atoms with van der Waals surface area (Å²) in [6.07, 6.45) is 0.903. The normalized spacial score (nSPS) is 12.0. The molecule has 0 saturated heterocycles. The van der Waals surface area contributed by atoms with E-state index >= 15 is 0 Å². The van der Waals surface area contributed by atoms with E-state index in [9.17, 15) is 9.90 Å². The van der Waals surface area contributed by atoms with Gasteiger partial charge >= 0.3 is 6.03 Å². The summed E-state index contributed by atoms with van der Waals surface area (Å²) in [7, 11) is 0. The molecule has 2 amide bonds. The van der Waals surface area contributed by atoms with Crippen molar-refractivity contribution in [3.05, 3.63) is 52.8 Å². The van der Waals surface area contributed by atoms with Crippen LogP contribution in [0.3, 0.4) is 0 Å². The van der Waals surface area contributed by atoms with E-state index in [1.165, 1.54) is 5.56 Å². The van der Waals surface area contributed by atoms with Gasteiger partial charge in [-0.05, 0) is 32.3 Å². The van der Waals surface area contributed by atoms with Crippen molar-refractivity contribution >= 4 is 6.03 Å². The lowest BCUT2D eigenvalue weighted by molar-refractivity contribution is 0.160. The van der Waals surface area contributed by atoms with Crippen molar-refractivity contribution in [2.45, 2.75) is 52.8 Å². The first-order chi connectivity index (χ1) is 12.0.